The number of carbonyl (C=O) groups is 1. The first kappa shape index (κ1) is 13.0. The summed E-state index contributed by atoms with van der Waals surface area (Å²) in [5, 5.41) is 11.7. The fourth-order valence-corrected chi connectivity index (χ4v) is 1.87. The molecule has 0 unspecified atom stereocenters. The van der Waals surface area contributed by atoms with Crippen LogP contribution in [0.5, 0.6) is 0 Å². The summed E-state index contributed by atoms with van der Waals surface area (Å²) in [6, 6.07) is 2.18. The summed E-state index contributed by atoms with van der Waals surface area (Å²) in [7, 11) is 0. The molecule has 0 aromatic heterocycles. The van der Waals surface area contributed by atoms with E-state index in [9.17, 15) is 4.79 Å². The average molecular weight is 222 g/mol. The minimum Gasteiger partial charge on any atom is -0.338 e. The van der Waals surface area contributed by atoms with Crippen molar-refractivity contribution in [1.29, 1.82) is 5.26 Å². The lowest BCUT2D eigenvalue weighted by atomic mass is 9.99. The summed E-state index contributed by atoms with van der Waals surface area (Å²) in [6.45, 7) is 4.29. The molecule has 16 heavy (non-hydrogen) atoms. The Labute approximate surface area is 98.2 Å². The van der Waals surface area contributed by atoms with Gasteiger partial charge in [-0.25, -0.2) is 0 Å². The zero-order valence-corrected chi connectivity index (χ0v) is 10.4. The number of amides is 1. The Balaban J connectivity index is 2.16. The molecule has 0 saturated heterocycles. The van der Waals surface area contributed by atoms with E-state index in [1.54, 1.807) is 0 Å². The third-order valence-electron chi connectivity index (χ3n) is 3.18. The minimum absolute atomic E-state index is 0.0445. The molecule has 0 bridgehead atoms. The monoisotopic (exact) mass is 222 g/mol. The summed E-state index contributed by atoms with van der Waals surface area (Å²) in [5.74, 6) is 0.476. The Bertz CT molecular complexity index is 276. The lowest BCUT2D eigenvalue weighted by Gasteiger charge is -2.13. The van der Waals surface area contributed by atoms with Crippen LogP contribution in [0.25, 0.3) is 0 Å². The molecule has 0 radical (unpaired) electrons. The quantitative estimate of drug-likeness (QED) is 0.673. The number of hydrogen-bond acceptors (Lipinski definition) is 2. The van der Waals surface area contributed by atoms with Crippen LogP contribution in [0, 0.1) is 17.2 Å². The Kier molecular flexibility index (Phi) is 4.79. The van der Waals surface area contributed by atoms with Crippen LogP contribution in [0.4, 0.5) is 0 Å². The summed E-state index contributed by atoms with van der Waals surface area (Å²) < 4.78 is 0. The van der Waals surface area contributed by atoms with Gasteiger partial charge in [-0.15, -0.1) is 0 Å². The second-order valence-electron chi connectivity index (χ2n) is 5.05. The zero-order chi connectivity index (χ0) is 12.0. The number of nitriles is 1. The second kappa shape index (κ2) is 5.89. The largest absolute Gasteiger partial charge is 0.338 e. The molecule has 0 aromatic rings. The number of rotatable bonds is 7. The van der Waals surface area contributed by atoms with Crippen LogP contribution in [0.1, 0.15) is 58.8 Å². The number of unbranched alkanes of at least 4 members (excludes halogenated alkanes) is 2. The maximum absolute atomic E-state index is 11.6. The van der Waals surface area contributed by atoms with Crippen molar-refractivity contribution in [2.24, 2.45) is 5.92 Å². The Morgan fingerprint density at radius 1 is 1.50 bits per heavy atom. The van der Waals surface area contributed by atoms with E-state index < -0.39 is 5.54 Å². The highest BCUT2D eigenvalue weighted by Crippen LogP contribution is 2.34. The molecule has 0 heterocycles. The van der Waals surface area contributed by atoms with Gasteiger partial charge in [0.05, 0.1) is 6.07 Å². The van der Waals surface area contributed by atoms with E-state index in [0.717, 1.165) is 19.3 Å². The van der Waals surface area contributed by atoms with E-state index in [2.05, 4.69) is 25.2 Å². The summed E-state index contributed by atoms with van der Waals surface area (Å²) >= 11 is 0. The molecule has 1 saturated carbocycles. The lowest BCUT2D eigenvalue weighted by Crippen LogP contribution is -2.36. The first-order valence-corrected chi connectivity index (χ1v) is 6.34. The third kappa shape index (κ3) is 4.22. The van der Waals surface area contributed by atoms with Crippen molar-refractivity contribution in [1.82, 2.24) is 5.32 Å². The van der Waals surface area contributed by atoms with Crippen LogP contribution in [-0.4, -0.2) is 11.4 Å². The zero-order valence-electron chi connectivity index (χ0n) is 10.4. The van der Waals surface area contributed by atoms with Crippen molar-refractivity contribution in [2.75, 3.05) is 0 Å². The Morgan fingerprint density at radius 2 is 2.19 bits per heavy atom. The van der Waals surface area contributed by atoms with Crippen molar-refractivity contribution < 1.29 is 4.79 Å². The van der Waals surface area contributed by atoms with Gasteiger partial charge in [0.15, 0.2) is 0 Å². The number of carbonyl (C=O) groups excluding carboxylic acids is 1. The highest BCUT2D eigenvalue weighted by molar-refractivity contribution is 5.78. The lowest BCUT2D eigenvalue weighted by molar-refractivity contribution is -0.122. The predicted octanol–water partition coefficient (Wildman–Crippen LogP) is 2.77. The molecule has 3 heteroatoms. The van der Waals surface area contributed by atoms with Crippen molar-refractivity contribution in [3.63, 3.8) is 0 Å². The Morgan fingerprint density at radius 3 is 2.69 bits per heavy atom. The van der Waals surface area contributed by atoms with Crippen molar-refractivity contribution in [2.45, 2.75) is 64.3 Å². The highest BCUT2D eigenvalue weighted by atomic mass is 16.1. The van der Waals surface area contributed by atoms with Crippen LogP contribution in [0.2, 0.25) is 0 Å². The first-order valence-electron chi connectivity index (χ1n) is 6.34. The van der Waals surface area contributed by atoms with Gasteiger partial charge in [-0.1, -0.05) is 39.5 Å². The van der Waals surface area contributed by atoms with Crippen LogP contribution in [-0.2, 0) is 4.79 Å². The molecule has 1 aliphatic rings. The maximum Gasteiger partial charge on any atom is 0.221 e. The molecule has 0 aromatic carbocycles. The minimum atomic E-state index is -0.500. The molecular weight excluding hydrogens is 200 g/mol. The molecule has 1 atom stereocenters. The van der Waals surface area contributed by atoms with Gasteiger partial charge >= 0.3 is 0 Å². The maximum atomic E-state index is 11.6. The van der Waals surface area contributed by atoms with E-state index in [-0.39, 0.29) is 5.91 Å². The van der Waals surface area contributed by atoms with Gasteiger partial charge in [0.25, 0.3) is 0 Å². The number of hydrogen-bond donors (Lipinski definition) is 1. The molecule has 1 fully saturated rings. The first-order chi connectivity index (χ1) is 7.62. The molecule has 1 aliphatic carbocycles. The third-order valence-corrected chi connectivity index (χ3v) is 3.18. The molecule has 1 rings (SSSR count). The molecular formula is C13H22N2O. The van der Waals surface area contributed by atoms with Crippen molar-refractivity contribution >= 4 is 5.91 Å². The van der Waals surface area contributed by atoms with Crippen LogP contribution in [0.3, 0.4) is 0 Å². The molecule has 0 aliphatic heterocycles. The second-order valence-corrected chi connectivity index (χ2v) is 5.05. The van der Waals surface area contributed by atoms with Gasteiger partial charge in [0.1, 0.15) is 5.54 Å². The summed E-state index contributed by atoms with van der Waals surface area (Å²) in [4.78, 5) is 11.6. The van der Waals surface area contributed by atoms with Gasteiger partial charge in [-0.05, 0) is 18.8 Å². The van der Waals surface area contributed by atoms with Gasteiger partial charge in [-0.2, -0.15) is 5.26 Å². The fourth-order valence-electron chi connectivity index (χ4n) is 1.87. The molecule has 1 N–H and O–H groups in total. The highest BCUT2D eigenvalue weighted by Gasteiger charge is 2.44. The topological polar surface area (TPSA) is 52.9 Å². The SMILES string of the molecule is CCCCC[C@H](C)CC(=O)NC1(C#N)CC1. The summed E-state index contributed by atoms with van der Waals surface area (Å²) in [5.41, 5.74) is -0.500. The molecule has 0 spiro atoms. The molecule has 90 valence electrons. The van der Waals surface area contributed by atoms with E-state index in [1.807, 2.05) is 0 Å². The number of nitrogens with zero attached hydrogens (tertiary/aromatic N) is 1. The van der Waals surface area contributed by atoms with Crippen molar-refractivity contribution in [3.05, 3.63) is 0 Å². The van der Waals surface area contributed by atoms with E-state index >= 15 is 0 Å². The standard InChI is InChI=1S/C13H22N2O/c1-3-4-5-6-11(2)9-12(16)15-13(10-14)7-8-13/h11H,3-9H2,1-2H3,(H,15,16)/t11-/m0/s1. The predicted molar refractivity (Wildman–Crippen MR) is 63.6 cm³/mol. The van der Waals surface area contributed by atoms with Gasteiger partial charge in [-0.3, -0.25) is 4.79 Å². The fraction of sp³-hybridized carbons (Fsp3) is 0.846. The van der Waals surface area contributed by atoms with Gasteiger partial charge in [0.2, 0.25) is 5.91 Å². The van der Waals surface area contributed by atoms with Gasteiger partial charge < -0.3 is 5.32 Å². The van der Waals surface area contributed by atoms with Crippen molar-refractivity contribution in [3.8, 4) is 6.07 Å². The van der Waals surface area contributed by atoms with E-state index in [1.165, 1.54) is 19.3 Å². The van der Waals surface area contributed by atoms with E-state index in [0.29, 0.717) is 12.3 Å². The van der Waals surface area contributed by atoms with Crippen LogP contribution < -0.4 is 5.32 Å². The van der Waals surface area contributed by atoms with Crippen LogP contribution >= 0.6 is 0 Å². The Hall–Kier alpha value is -1.04. The van der Waals surface area contributed by atoms with E-state index in [4.69, 9.17) is 5.26 Å². The summed E-state index contributed by atoms with van der Waals surface area (Å²) in [6.07, 6.45) is 6.98. The average Bonchev–Trinajstić information content (AvgIpc) is 2.98. The normalized spacial score (nSPS) is 18.6. The van der Waals surface area contributed by atoms with Crippen LogP contribution in [0.15, 0.2) is 0 Å². The number of nitrogens with one attached hydrogen (secondary N) is 1. The smallest absolute Gasteiger partial charge is 0.221 e. The van der Waals surface area contributed by atoms with Gasteiger partial charge in [0, 0.05) is 6.42 Å². The molecule has 3 nitrogen and oxygen atoms in total. The molecule has 1 amide bonds.